The van der Waals surface area contributed by atoms with Crippen molar-refractivity contribution in [3.63, 3.8) is 0 Å². The van der Waals surface area contributed by atoms with E-state index in [1.165, 1.54) is 50.5 Å². The molecule has 0 radical (unpaired) electrons. The second kappa shape index (κ2) is 9.57. The second-order valence-electron chi connectivity index (χ2n) is 3.71. The third-order valence-corrected chi connectivity index (χ3v) is 2.35. The molecule has 0 heterocycles. The van der Waals surface area contributed by atoms with Crippen molar-refractivity contribution in [2.24, 2.45) is 0 Å². The van der Waals surface area contributed by atoms with Gasteiger partial charge in [-0.25, -0.2) is 0 Å². The minimum Gasteiger partial charge on any atom is -0.0988 e. The van der Waals surface area contributed by atoms with Crippen LogP contribution in [-0.4, -0.2) is 0 Å². The van der Waals surface area contributed by atoms with Gasteiger partial charge in [0.05, 0.1) is 0 Å². The fourth-order valence-corrected chi connectivity index (χ4v) is 1.34. The largest absolute Gasteiger partial charge is 0.0988 e. The van der Waals surface area contributed by atoms with Crippen LogP contribution in [0.2, 0.25) is 0 Å². The Morgan fingerprint density at radius 1 is 1.08 bits per heavy atom. The molecule has 0 spiro atoms. The van der Waals surface area contributed by atoms with Crippen LogP contribution < -0.4 is 0 Å². The molecule has 0 aliphatic carbocycles. The predicted molar refractivity (Wildman–Crippen MR) is 61.9 cm³/mol. The molecule has 0 aromatic rings. The summed E-state index contributed by atoms with van der Waals surface area (Å²) in [5, 5.41) is 0. The summed E-state index contributed by atoms with van der Waals surface area (Å²) in [5.74, 6) is 0. The van der Waals surface area contributed by atoms with E-state index in [1.807, 2.05) is 6.08 Å². The van der Waals surface area contributed by atoms with Gasteiger partial charge >= 0.3 is 0 Å². The summed E-state index contributed by atoms with van der Waals surface area (Å²) in [6.07, 6.45) is 13.7. The first-order chi connectivity index (χ1) is 6.31. The first kappa shape index (κ1) is 12.5. The Hall–Kier alpha value is -0.520. The van der Waals surface area contributed by atoms with Crippen LogP contribution >= 0.6 is 0 Å². The molecule has 0 saturated carbocycles. The molecule has 0 unspecified atom stereocenters. The molecule has 76 valence electrons. The number of rotatable bonds is 8. The molecule has 0 saturated heterocycles. The van der Waals surface area contributed by atoms with E-state index < -0.39 is 0 Å². The zero-order valence-corrected chi connectivity index (χ0v) is 9.31. The Bertz CT molecular complexity index is 142. The zero-order valence-electron chi connectivity index (χ0n) is 9.31. The highest BCUT2D eigenvalue weighted by Crippen LogP contribution is 2.08. The molecule has 0 aliphatic heterocycles. The predicted octanol–water partition coefficient (Wildman–Crippen LogP) is 4.87. The Labute approximate surface area is 83.7 Å². The molecule has 0 heteroatoms. The van der Waals surface area contributed by atoms with E-state index in [-0.39, 0.29) is 0 Å². The van der Waals surface area contributed by atoms with E-state index in [2.05, 4.69) is 26.5 Å². The molecular formula is C13H24. The minimum atomic E-state index is 1.23. The lowest BCUT2D eigenvalue weighted by Gasteiger charge is -1.98. The summed E-state index contributed by atoms with van der Waals surface area (Å²) in [6, 6.07) is 0. The van der Waals surface area contributed by atoms with Crippen LogP contribution in [0.5, 0.6) is 0 Å². The number of hydrogen-bond donors (Lipinski definition) is 0. The van der Waals surface area contributed by atoms with Crippen LogP contribution in [0.3, 0.4) is 0 Å². The van der Waals surface area contributed by atoms with Gasteiger partial charge in [0.15, 0.2) is 0 Å². The quantitative estimate of drug-likeness (QED) is 0.369. The van der Waals surface area contributed by atoms with Gasteiger partial charge in [-0.2, -0.15) is 0 Å². The molecule has 0 aromatic carbocycles. The molecule has 0 bridgehead atoms. The average Bonchev–Trinajstić information content (AvgIpc) is 2.16. The molecule has 0 rings (SSSR count). The van der Waals surface area contributed by atoms with Gasteiger partial charge in [0, 0.05) is 0 Å². The minimum absolute atomic E-state index is 1.23. The molecule has 0 fully saturated rings. The monoisotopic (exact) mass is 180 g/mol. The zero-order chi connectivity index (χ0) is 9.94. The highest BCUT2D eigenvalue weighted by atomic mass is 13.9. The van der Waals surface area contributed by atoms with Gasteiger partial charge in [-0.3, -0.25) is 0 Å². The second-order valence-corrected chi connectivity index (χ2v) is 3.71. The normalized spacial score (nSPS) is 11.7. The summed E-state index contributed by atoms with van der Waals surface area (Å²) in [7, 11) is 0. The van der Waals surface area contributed by atoms with E-state index >= 15 is 0 Å². The van der Waals surface area contributed by atoms with Gasteiger partial charge in [0.25, 0.3) is 0 Å². The van der Waals surface area contributed by atoms with Crippen LogP contribution in [0.1, 0.15) is 58.8 Å². The fourth-order valence-electron chi connectivity index (χ4n) is 1.34. The maximum atomic E-state index is 3.73. The van der Waals surface area contributed by atoms with Gasteiger partial charge < -0.3 is 0 Å². The van der Waals surface area contributed by atoms with Crippen molar-refractivity contribution in [3.05, 3.63) is 24.3 Å². The van der Waals surface area contributed by atoms with E-state index in [4.69, 9.17) is 0 Å². The average molecular weight is 180 g/mol. The van der Waals surface area contributed by atoms with Crippen molar-refractivity contribution in [1.82, 2.24) is 0 Å². The van der Waals surface area contributed by atoms with Crippen LogP contribution in [0.25, 0.3) is 0 Å². The Morgan fingerprint density at radius 3 is 2.31 bits per heavy atom. The Morgan fingerprint density at radius 2 is 1.69 bits per heavy atom. The summed E-state index contributed by atoms with van der Waals surface area (Å²) < 4.78 is 0. The Balaban J connectivity index is 3.12. The van der Waals surface area contributed by atoms with Gasteiger partial charge in [-0.05, 0) is 19.8 Å². The maximum Gasteiger partial charge on any atom is -0.0345 e. The molecule has 13 heavy (non-hydrogen) atoms. The fraction of sp³-hybridized carbons (Fsp3) is 0.692. The number of unbranched alkanes of at least 4 members (excludes halogenated alkanes) is 6. The SMILES string of the molecule is C=C/C(C)=C\CCCCCCCC. The smallest absolute Gasteiger partial charge is 0.0345 e. The van der Waals surface area contributed by atoms with Crippen molar-refractivity contribution < 1.29 is 0 Å². The lowest BCUT2D eigenvalue weighted by molar-refractivity contribution is 0.611. The molecule has 0 aliphatic rings. The van der Waals surface area contributed by atoms with E-state index in [9.17, 15) is 0 Å². The van der Waals surface area contributed by atoms with Crippen molar-refractivity contribution in [2.45, 2.75) is 58.8 Å². The van der Waals surface area contributed by atoms with Crippen LogP contribution in [0.15, 0.2) is 24.3 Å². The molecule has 0 nitrogen and oxygen atoms in total. The van der Waals surface area contributed by atoms with E-state index in [0.717, 1.165) is 0 Å². The van der Waals surface area contributed by atoms with Gasteiger partial charge in [-0.15, -0.1) is 0 Å². The summed E-state index contributed by atoms with van der Waals surface area (Å²) >= 11 is 0. The van der Waals surface area contributed by atoms with E-state index in [1.54, 1.807) is 0 Å². The number of allylic oxidation sites excluding steroid dienone is 3. The van der Waals surface area contributed by atoms with Crippen LogP contribution in [-0.2, 0) is 0 Å². The molecule has 0 N–H and O–H groups in total. The van der Waals surface area contributed by atoms with Crippen molar-refractivity contribution in [2.75, 3.05) is 0 Å². The summed E-state index contributed by atoms with van der Waals surface area (Å²) in [5.41, 5.74) is 1.31. The van der Waals surface area contributed by atoms with Crippen LogP contribution in [0.4, 0.5) is 0 Å². The topological polar surface area (TPSA) is 0 Å². The third-order valence-electron chi connectivity index (χ3n) is 2.35. The first-order valence-corrected chi connectivity index (χ1v) is 5.60. The van der Waals surface area contributed by atoms with Crippen molar-refractivity contribution in [3.8, 4) is 0 Å². The highest BCUT2D eigenvalue weighted by molar-refractivity contribution is 5.12. The third kappa shape index (κ3) is 9.39. The lowest BCUT2D eigenvalue weighted by Crippen LogP contribution is -1.78. The van der Waals surface area contributed by atoms with Gasteiger partial charge in [-0.1, -0.05) is 63.3 Å². The van der Waals surface area contributed by atoms with Crippen LogP contribution in [0, 0.1) is 0 Å². The standard InChI is InChI=1S/C13H24/c1-4-6-7-8-9-10-11-12-13(3)5-2/h5,12H,2,4,6-11H2,1,3H3/b13-12-. The Kier molecular flexibility index (Phi) is 9.18. The van der Waals surface area contributed by atoms with Gasteiger partial charge in [0.1, 0.15) is 0 Å². The molecule has 0 atom stereocenters. The summed E-state index contributed by atoms with van der Waals surface area (Å²) in [4.78, 5) is 0. The molecule has 0 aromatic heterocycles. The lowest BCUT2D eigenvalue weighted by atomic mass is 10.1. The first-order valence-electron chi connectivity index (χ1n) is 5.60. The van der Waals surface area contributed by atoms with Crippen molar-refractivity contribution >= 4 is 0 Å². The van der Waals surface area contributed by atoms with Crippen molar-refractivity contribution in [1.29, 1.82) is 0 Å². The summed E-state index contributed by atoms with van der Waals surface area (Å²) in [6.45, 7) is 8.11. The maximum absolute atomic E-state index is 3.73. The number of hydrogen-bond acceptors (Lipinski definition) is 0. The molecule has 0 amide bonds. The molecular weight excluding hydrogens is 156 g/mol. The van der Waals surface area contributed by atoms with E-state index in [0.29, 0.717) is 0 Å². The van der Waals surface area contributed by atoms with Gasteiger partial charge in [0.2, 0.25) is 0 Å². The highest BCUT2D eigenvalue weighted by Gasteiger charge is 1.88.